The van der Waals surface area contributed by atoms with Gasteiger partial charge in [-0.3, -0.25) is 14.5 Å². The lowest BCUT2D eigenvalue weighted by Gasteiger charge is -2.29. The molecule has 192 valence electrons. The van der Waals surface area contributed by atoms with E-state index in [9.17, 15) is 14.7 Å². The number of benzene rings is 2. The topological polar surface area (TPSA) is 79.3 Å². The van der Waals surface area contributed by atoms with Crippen molar-refractivity contribution in [1.82, 2.24) is 9.80 Å². The van der Waals surface area contributed by atoms with Crippen LogP contribution in [0.3, 0.4) is 0 Å². The second-order valence-electron chi connectivity index (χ2n) is 9.08. The zero-order chi connectivity index (χ0) is 25.5. The van der Waals surface area contributed by atoms with E-state index in [1.165, 1.54) is 0 Å². The Morgan fingerprint density at radius 2 is 1.83 bits per heavy atom. The van der Waals surface area contributed by atoms with E-state index >= 15 is 0 Å². The summed E-state index contributed by atoms with van der Waals surface area (Å²) in [5.41, 5.74) is 1.25. The van der Waals surface area contributed by atoms with Gasteiger partial charge in [-0.05, 0) is 42.7 Å². The third-order valence-electron chi connectivity index (χ3n) is 6.58. The fraction of sp³-hybridized carbons (Fsp3) is 0.429. The SMILES string of the molecule is CCCCOc1cccc(C(O)=C2C(=O)C(=O)N(CCCN3CCOCC3)C2c2ccc(Cl)cc2)c1. The Bertz CT molecular complexity index is 1100. The summed E-state index contributed by atoms with van der Waals surface area (Å²) in [5.74, 6) is -0.884. The van der Waals surface area contributed by atoms with Crippen LogP contribution in [0.15, 0.2) is 54.1 Å². The van der Waals surface area contributed by atoms with Crippen molar-refractivity contribution in [3.05, 3.63) is 70.3 Å². The minimum Gasteiger partial charge on any atom is -0.507 e. The summed E-state index contributed by atoms with van der Waals surface area (Å²) >= 11 is 6.11. The van der Waals surface area contributed by atoms with Crippen LogP contribution < -0.4 is 4.74 Å². The van der Waals surface area contributed by atoms with Crippen LogP contribution in [0.2, 0.25) is 5.02 Å². The summed E-state index contributed by atoms with van der Waals surface area (Å²) in [5, 5.41) is 11.9. The van der Waals surface area contributed by atoms with Gasteiger partial charge in [0.15, 0.2) is 0 Å². The number of unbranched alkanes of at least 4 members (excludes halogenated alkanes) is 1. The third kappa shape index (κ3) is 6.09. The van der Waals surface area contributed by atoms with E-state index in [2.05, 4.69) is 11.8 Å². The second kappa shape index (κ2) is 12.4. The first-order valence-electron chi connectivity index (χ1n) is 12.6. The predicted molar refractivity (Wildman–Crippen MR) is 139 cm³/mol. The van der Waals surface area contributed by atoms with Crippen LogP contribution in [0, 0.1) is 0 Å². The maximum absolute atomic E-state index is 13.2. The number of aliphatic hydroxyl groups is 1. The van der Waals surface area contributed by atoms with Gasteiger partial charge in [0.25, 0.3) is 11.7 Å². The van der Waals surface area contributed by atoms with Crippen LogP contribution in [-0.2, 0) is 14.3 Å². The van der Waals surface area contributed by atoms with Gasteiger partial charge < -0.3 is 19.5 Å². The van der Waals surface area contributed by atoms with Crippen molar-refractivity contribution in [2.24, 2.45) is 0 Å². The number of carbonyl (C=O) groups excluding carboxylic acids is 2. The molecule has 2 heterocycles. The first-order chi connectivity index (χ1) is 17.5. The number of Topliss-reactive ketones (excluding diaryl/α,β-unsaturated/α-hetero) is 1. The monoisotopic (exact) mass is 512 g/mol. The molecule has 0 bridgehead atoms. The highest BCUT2D eigenvalue weighted by atomic mass is 35.5. The molecule has 1 amide bonds. The van der Waals surface area contributed by atoms with E-state index in [0.717, 1.165) is 38.0 Å². The Morgan fingerprint density at radius 1 is 1.08 bits per heavy atom. The normalized spacial score (nSPS) is 20.2. The maximum atomic E-state index is 13.2. The number of likely N-dealkylation sites (tertiary alicyclic amines) is 1. The fourth-order valence-electron chi connectivity index (χ4n) is 4.61. The Kier molecular flexibility index (Phi) is 9.02. The fourth-order valence-corrected chi connectivity index (χ4v) is 4.74. The molecule has 36 heavy (non-hydrogen) atoms. The van der Waals surface area contributed by atoms with E-state index in [4.69, 9.17) is 21.1 Å². The zero-order valence-corrected chi connectivity index (χ0v) is 21.4. The zero-order valence-electron chi connectivity index (χ0n) is 20.6. The molecule has 0 aliphatic carbocycles. The van der Waals surface area contributed by atoms with Gasteiger partial charge in [-0.15, -0.1) is 0 Å². The maximum Gasteiger partial charge on any atom is 0.295 e. The molecule has 8 heteroatoms. The molecule has 2 aliphatic rings. The lowest BCUT2D eigenvalue weighted by molar-refractivity contribution is -0.140. The molecule has 2 aromatic rings. The van der Waals surface area contributed by atoms with Crippen molar-refractivity contribution in [1.29, 1.82) is 0 Å². The highest BCUT2D eigenvalue weighted by Crippen LogP contribution is 2.40. The molecule has 0 radical (unpaired) electrons. The number of carbonyl (C=O) groups is 2. The Balaban J connectivity index is 1.64. The van der Waals surface area contributed by atoms with Crippen molar-refractivity contribution in [3.63, 3.8) is 0 Å². The summed E-state index contributed by atoms with van der Waals surface area (Å²) in [6.45, 7) is 6.98. The second-order valence-corrected chi connectivity index (χ2v) is 9.52. The average molecular weight is 513 g/mol. The van der Waals surface area contributed by atoms with Crippen LogP contribution in [0.5, 0.6) is 5.75 Å². The summed E-state index contributed by atoms with van der Waals surface area (Å²) in [7, 11) is 0. The molecule has 1 atom stereocenters. The molecule has 0 saturated carbocycles. The Morgan fingerprint density at radius 3 is 2.56 bits per heavy atom. The molecule has 0 aromatic heterocycles. The molecule has 0 spiro atoms. The number of amides is 1. The summed E-state index contributed by atoms with van der Waals surface area (Å²) < 4.78 is 11.2. The Hall–Kier alpha value is -2.87. The number of hydrogen-bond donors (Lipinski definition) is 1. The molecule has 4 rings (SSSR count). The van der Waals surface area contributed by atoms with Crippen molar-refractivity contribution in [2.45, 2.75) is 32.2 Å². The van der Waals surface area contributed by atoms with E-state index < -0.39 is 17.7 Å². The van der Waals surface area contributed by atoms with Gasteiger partial charge in [-0.1, -0.05) is 49.2 Å². The van der Waals surface area contributed by atoms with Crippen molar-refractivity contribution >= 4 is 29.1 Å². The number of ether oxygens (including phenoxy) is 2. The van der Waals surface area contributed by atoms with Crippen molar-refractivity contribution in [3.8, 4) is 5.75 Å². The largest absolute Gasteiger partial charge is 0.507 e. The minimum atomic E-state index is -0.698. The predicted octanol–water partition coefficient (Wildman–Crippen LogP) is 4.66. The summed E-state index contributed by atoms with van der Waals surface area (Å²) in [4.78, 5) is 30.3. The lowest BCUT2D eigenvalue weighted by atomic mass is 9.95. The highest BCUT2D eigenvalue weighted by molar-refractivity contribution is 6.46. The smallest absolute Gasteiger partial charge is 0.295 e. The van der Waals surface area contributed by atoms with Crippen molar-refractivity contribution < 1.29 is 24.2 Å². The molecule has 1 N–H and O–H groups in total. The van der Waals surface area contributed by atoms with E-state index in [1.807, 2.05) is 6.07 Å². The van der Waals surface area contributed by atoms with Gasteiger partial charge in [-0.25, -0.2) is 0 Å². The third-order valence-corrected chi connectivity index (χ3v) is 6.83. The van der Waals surface area contributed by atoms with Crippen LogP contribution in [0.1, 0.15) is 43.4 Å². The molecule has 2 aliphatic heterocycles. The van der Waals surface area contributed by atoms with Gasteiger partial charge in [0, 0.05) is 36.8 Å². The van der Waals surface area contributed by atoms with Crippen molar-refractivity contribution in [2.75, 3.05) is 46.0 Å². The minimum absolute atomic E-state index is 0.0828. The Labute approximate surface area is 217 Å². The van der Waals surface area contributed by atoms with E-state index in [1.54, 1.807) is 47.4 Å². The number of rotatable bonds is 10. The molecule has 7 nitrogen and oxygen atoms in total. The van der Waals surface area contributed by atoms with Gasteiger partial charge >= 0.3 is 0 Å². The van der Waals surface area contributed by atoms with Gasteiger partial charge in [0.2, 0.25) is 0 Å². The number of hydrogen-bond acceptors (Lipinski definition) is 6. The molecular weight excluding hydrogens is 480 g/mol. The first-order valence-corrected chi connectivity index (χ1v) is 12.9. The van der Waals surface area contributed by atoms with Crippen LogP contribution in [0.4, 0.5) is 0 Å². The average Bonchev–Trinajstić information content (AvgIpc) is 3.15. The standard InChI is InChI=1S/C28H33ClN2O5/c1-2-3-16-36-23-7-4-6-21(19-23)26(32)24-25(20-8-10-22(29)11-9-20)31(28(34)27(24)33)13-5-12-30-14-17-35-18-15-30/h4,6-11,19,25,32H,2-3,5,12-18H2,1H3. The van der Waals surface area contributed by atoms with Crippen LogP contribution >= 0.6 is 11.6 Å². The molecule has 2 aromatic carbocycles. The molecule has 2 fully saturated rings. The number of halogens is 1. The first kappa shape index (κ1) is 26.2. The van der Waals surface area contributed by atoms with Gasteiger partial charge in [0.1, 0.15) is 11.5 Å². The summed E-state index contributed by atoms with van der Waals surface area (Å²) in [6, 6.07) is 13.4. The van der Waals surface area contributed by atoms with Gasteiger partial charge in [-0.2, -0.15) is 0 Å². The molecular formula is C28H33ClN2O5. The number of nitrogens with zero attached hydrogens (tertiary/aromatic N) is 2. The van der Waals surface area contributed by atoms with E-state index in [0.29, 0.717) is 49.1 Å². The highest BCUT2D eigenvalue weighted by Gasteiger charge is 2.45. The molecule has 1 unspecified atom stereocenters. The van der Waals surface area contributed by atoms with Crippen LogP contribution in [0.25, 0.3) is 5.76 Å². The number of morpholine rings is 1. The number of ketones is 1. The van der Waals surface area contributed by atoms with Crippen LogP contribution in [-0.4, -0.2) is 72.6 Å². The van der Waals surface area contributed by atoms with E-state index in [-0.39, 0.29) is 11.3 Å². The van der Waals surface area contributed by atoms with Gasteiger partial charge in [0.05, 0.1) is 31.4 Å². The quantitative estimate of drug-likeness (QED) is 0.216. The summed E-state index contributed by atoms with van der Waals surface area (Å²) in [6.07, 6.45) is 2.63. The lowest BCUT2D eigenvalue weighted by Crippen LogP contribution is -2.38. The number of aliphatic hydroxyl groups excluding tert-OH is 1. The molecule has 2 saturated heterocycles.